The van der Waals surface area contributed by atoms with Gasteiger partial charge in [-0.2, -0.15) is 0 Å². The summed E-state index contributed by atoms with van der Waals surface area (Å²) in [7, 11) is -2.45. The topological polar surface area (TPSA) is 64.6 Å². The summed E-state index contributed by atoms with van der Waals surface area (Å²) in [6.45, 7) is 1.87. The van der Waals surface area contributed by atoms with Crippen LogP contribution in [0.3, 0.4) is 0 Å². The van der Waals surface area contributed by atoms with Crippen molar-refractivity contribution in [2.45, 2.75) is 11.8 Å². The van der Waals surface area contributed by atoms with Crippen molar-refractivity contribution in [3.05, 3.63) is 21.6 Å². The van der Waals surface area contributed by atoms with Crippen molar-refractivity contribution in [3.8, 4) is 5.75 Å². The Morgan fingerprint density at radius 2 is 2.12 bits per heavy atom. The van der Waals surface area contributed by atoms with Gasteiger partial charge in [0, 0.05) is 5.02 Å². The summed E-state index contributed by atoms with van der Waals surface area (Å²) in [6, 6.07) is 2.83. The first-order valence-corrected chi connectivity index (χ1v) is 7.24. The highest BCUT2D eigenvalue weighted by atomic mass is 79.9. The van der Waals surface area contributed by atoms with Gasteiger partial charge in [-0.15, -0.1) is 0 Å². The molecule has 0 amide bonds. The smallest absolute Gasteiger partial charge is 0.266 e. The Morgan fingerprint density at radius 3 is 2.65 bits per heavy atom. The number of benzene rings is 1. The van der Waals surface area contributed by atoms with Gasteiger partial charge in [-0.25, -0.2) is 8.42 Å². The van der Waals surface area contributed by atoms with E-state index in [2.05, 4.69) is 20.8 Å². The molecule has 17 heavy (non-hydrogen) atoms. The minimum Gasteiger partial charge on any atom is -0.494 e. The van der Waals surface area contributed by atoms with Crippen LogP contribution >= 0.6 is 27.5 Å². The molecule has 96 valence electrons. The number of sulfonamides is 1. The zero-order valence-electron chi connectivity index (χ0n) is 9.16. The monoisotopic (exact) mass is 343 g/mol. The zero-order valence-corrected chi connectivity index (χ0v) is 12.3. The van der Waals surface area contributed by atoms with Gasteiger partial charge in [-0.05, 0) is 35.0 Å². The van der Waals surface area contributed by atoms with Crippen molar-refractivity contribution in [2.75, 3.05) is 13.7 Å². The molecule has 0 aliphatic carbocycles. The lowest BCUT2D eigenvalue weighted by Crippen LogP contribution is -2.24. The number of rotatable bonds is 5. The van der Waals surface area contributed by atoms with E-state index in [4.69, 9.17) is 16.3 Å². The van der Waals surface area contributed by atoms with Gasteiger partial charge < -0.3 is 4.74 Å². The third-order valence-corrected chi connectivity index (χ3v) is 3.81. The summed E-state index contributed by atoms with van der Waals surface area (Å²) in [6.07, 6.45) is 0. The molecular weight excluding hydrogens is 334 g/mol. The molecule has 0 radical (unpaired) electrons. The van der Waals surface area contributed by atoms with Gasteiger partial charge in [0.15, 0.2) is 5.75 Å². The molecule has 1 N–H and O–H groups in total. The predicted octanol–water partition coefficient (Wildman–Crippen LogP) is 2.34. The highest BCUT2D eigenvalue weighted by molar-refractivity contribution is 9.10. The van der Waals surface area contributed by atoms with E-state index >= 15 is 0 Å². The number of hydrogen-bond donors (Lipinski definition) is 1. The first-order chi connectivity index (χ1) is 7.92. The summed E-state index contributed by atoms with van der Waals surface area (Å²) < 4.78 is 29.2. The lowest BCUT2D eigenvalue weighted by molar-refractivity contribution is 0.105. The maximum absolute atomic E-state index is 11.9. The quantitative estimate of drug-likeness (QED) is 0.833. The molecule has 0 heterocycles. The van der Waals surface area contributed by atoms with E-state index < -0.39 is 10.0 Å². The molecule has 1 aromatic carbocycles. The Kier molecular flexibility index (Phi) is 5.21. The van der Waals surface area contributed by atoms with E-state index in [1.807, 2.05) is 4.89 Å². The van der Waals surface area contributed by atoms with Crippen LogP contribution in [0, 0.1) is 0 Å². The van der Waals surface area contributed by atoms with Gasteiger partial charge >= 0.3 is 0 Å². The summed E-state index contributed by atoms with van der Waals surface area (Å²) in [4.78, 5) is 6.56. The molecule has 8 heteroatoms. The van der Waals surface area contributed by atoms with Crippen LogP contribution in [-0.4, -0.2) is 22.1 Å². The molecule has 0 aromatic heterocycles. The van der Waals surface area contributed by atoms with Crippen LogP contribution < -0.4 is 9.62 Å². The Morgan fingerprint density at radius 1 is 1.47 bits per heavy atom. The standard InChI is InChI=1S/C9H11BrClNO4S/c1-3-16-12-17(13,14)8-5-6(11)4-7(10)9(8)15-2/h4-5,12H,3H2,1-2H3. The van der Waals surface area contributed by atoms with E-state index in [1.165, 1.54) is 13.2 Å². The third kappa shape index (κ3) is 3.56. The Hall–Kier alpha value is -0.340. The summed E-state index contributed by atoms with van der Waals surface area (Å²) >= 11 is 8.98. The fourth-order valence-electron chi connectivity index (χ4n) is 1.12. The first-order valence-electron chi connectivity index (χ1n) is 4.59. The lowest BCUT2D eigenvalue weighted by Gasteiger charge is -2.12. The molecule has 0 saturated carbocycles. The molecule has 5 nitrogen and oxygen atoms in total. The van der Waals surface area contributed by atoms with E-state index in [-0.39, 0.29) is 22.3 Å². The summed E-state index contributed by atoms with van der Waals surface area (Å²) in [5.41, 5.74) is 0. The normalized spacial score (nSPS) is 11.5. The molecule has 0 unspecified atom stereocenters. The second-order valence-electron chi connectivity index (χ2n) is 2.94. The maximum atomic E-state index is 11.9. The minimum atomic E-state index is -3.82. The number of methoxy groups -OCH3 is 1. The Labute approximate surface area is 113 Å². The number of hydrogen-bond acceptors (Lipinski definition) is 4. The Bertz CT molecular complexity index is 506. The van der Waals surface area contributed by atoms with Crippen molar-refractivity contribution in [2.24, 2.45) is 0 Å². The minimum absolute atomic E-state index is 0.0900. The predicted molar refractivity (Wildman–Crippen MR) is 67.7 cm³/mol. The van der Waals surface area contributed by atoms with E-state index in [9.17, 15) is 8.42 Å². The van der Waals surface area contributed by atoms with Crippen LogP contribution in [0.4, 0.5) is 0 Å². The van der Waals surface area contributed by atoms with Crippen molar-refractivity contribution < 1.29 is 18.0 Å². The molecule has 1 rings (SSSR count). The first kappa shape index (κ1) is 14.7. The maximum Gasteiger partial charge on any atom is 0.266 e. The number of ether oxygens (including phenoxy) is 1. The average Bonchev–Trinajstić information content (AvgIpc) is 2.25. The fourth-order valence-corrected chi connectivity index (χ4v) is 3.37. The molecule has 0 saturated heterocycles. The average molecular weight is 345 g/mol. The van der Waals surface area contributed by atoms with Crippen LogP contribution in [0.5, 0.6) is 5.75 Å². The van der Waals surface area contributed by atoms with Crippen LogP contribution in [0.15, 0.2) is 21.5 Å². The number of halogens is 2. The molecule has 1 aromatic rings. The van der Waals surface area contributed by atoms with Crippen LogP contribution in [0.1, 0.15) is 6.92 Å². The SMILES string of the molecule is CCONS(=O)(=O)c1cc(Cl)cc(Br)c1OC. The third-order valence-electron chi connectivity index (χ3n) is 1.78. The molecular formula is C9H11BrClNO4S. The Balaban J connectivity index is 3.29. The highest BCUT2D eigenvalue weighted by Crippen LogP contribution is 2.35. The van der Waals surface area contributed by atoms with Crippen LogP contribution in [0.2, 0.25) is 5.02 Å². The van der Waals surface area contributed by atoms with Crippen molar-refractivity contribution in [3.63, 3.8) is 0 Å². The van der Waals surface area contributed by atoms with Gasteiger partial charge in [0.25, 0.3) is 10.0 Å². The van der Waals surface area contributed by atoms with Gasteiger partial charge in [0.2, 0.25) is 0 Å². The summed E-state index contributed by atoms with van der Waals surface area (Å²) in [5, 5.41) is 0.273. The van der Waals surface area contributed by atoms with E-state index in [0.29, 0.717) is 4.47 Å². The molecule has 0 spiro atoms. The van der Waals surface area contributed by atoms with Crippen LogP contribution in [-0.2, 0) is 14.9 Å². The van der Waals surface area contributed by atoms with Gasteiger partial charge in [-0.1, -0.05) is 16.5 Å². The second-order valence-corrected chi connectivity index (χ2v) is 5.84. The van der Waals surface area contributed by atoms with Crippen molar-refractivity contribution >= 4 is 37.6 Å². The van der Waals surface area contributed by atoms with Crippen molar-refractivity contribution in [1.82, 2.24) is 4.89 Å². The zero-order chi connectivity index (χ0) is 13.1. The summed E-state index contributed by atoms with van der Waals surface area (Å²) in [5.74, 6) is 0.168. The number of nitrogens with one attached hydrogen (secondary N) is 1. The lowest BCUT2D eigenvalue weighted by atomic mass is 10.3. The largest absolute Gasteiger partial charge is 0.494 e. The van der Waals surface area contributed by atoms with E-state index in [0.717, 1.165) is 0 Å². The van der Waals surface area contributed by atoms with Crippen LogP contribution in [0.25, 0.3) is 0 Å². The van der Waals surface area contributed by atoms with Crippen molar-refractivity contribution in [1.29, 1.82) is 0 Å². The molecule has 0 atom stereocenters. The van der Waals surface area contributed by atoms with E-state index in [1.54, 1.807) is 13.0 Å². The molecule has 0 aliphatic heterocycles. The second kappa shape index (κ2) is 6.01. The van der Waals surface area contributed by atoms with Gasteiger partial charge in [0.05, 0.1) is 18.2 Å². The molecule has 0 aliphatic rings. The molecule has 0 bridgehead atoms. The molecule has 0 fully saturated rings. The van der Waals surface area contributed by atoms with Gasteiger partial charge in [0.1, 0.15) is 4.90 Å². The fraction of sp³-hybridized carbons (Fsp3) is 0.333. The highest BCUT2D eigenvalue weighted by Gasteiger charge is 2.22. The van der Waals surface area contributed by atoms with Gasteiger partial charge in [-0.3, -0.25) is 4.84 Å².